The average Bonchev–Trinajstić information content (AvgIpc) is 2.67. The first-order valence-electron chi connectivity index (χ1n) is 7.54. The third kappa shape index (κ3) is 1.60. The van der Waals surface area contributed by atoms with E-state index in [4.69, 9.17) is 0 Å². The minimum absolute atomic E-state index is 0.157. The standard InChI is InChI=1S/C16H18N2O3/c19-16-11-7-5-4-6-10(11)14-15(16)18(21)13-9-3-1-2-8-12(13)17(14)20/h4-7,12-13,20-21H,1-3,8-9H2/q+2. The van der Waals surface area contributed by atoms with Crippen molar-refractivity contribution in [2.45, 2.75) is 44.2 Å². The Morgan fingerprint density at radius 2 is 1.43 bits per heavy atom. The first-order chi connectivity index (χ1) is 10.2. The van der Waals surface area contributed by atoms with Gasteiger partial charge < -0.3 is 0 Å². The third-order valence-corrected chi connectivity index (χ3v) is 4.90. The van der Waals surface area contributed by atoms with Gasteiger partial charge in [0.15, 0.2) is 0 Å². The predicted octanol–water partition coefficient (Wildman–Crippen LogP) is 1.63. The summed E-state index contributed by atoms with van der Waals surface area (Å²) in [6.45, 7) is 0. The lowest BCUT2D eigenvalue weighted by molar-refractivity contribution is -0.873. The van der Waals surface area contributed by atoms with Crippen LogP contribution in [0.3, 0.4) is 0 Å². The molecule has 1 aromatic carbocycles. The molecular formula is C16H18N2O3+2. The molecule has 0 aromatic heterocycles. The summed E-state index contributed by atoms with van der Waals surface area (Å²) in [7, 11) is 0. The van der Waals surface area contributed by atoms with Crippen molar-refractivity contribution >= 4 is 17.2 Å². The number of carbonyl (C=O) groups is 1. The summed E-state index contributed by atoms with van der Waals surface area (Å²) in [4.78, 5) is 12.6. The number of nitrogens with zero attached hydrogens (tertiary/aromatic N) is 2. The van der Waals surface area contributed by atoms with Crippen molar-refractivity contribution in [3.63, 3.8) is 0 Å². The zero-order valence-electron chi connectivity index (χ0n) is 11.7. The Morgan fingerprint density at radius 1 is 0.857 bits per heavy atom. The topological polar surface area (TPSA) is 63.5 Å². The van der Waals surface area contributed by atoms with Gasteiger partial charge in [-0.1, -0.05) is 18.6 Å². The summed E-state index contributed by atoms with van der Waals surface area (Å²) < 4.78 is 2.36. The summed E-state index contributed by atoms with van der Waals surface area (Å²) in [5.74, 6) is -0.204. The van der Waals surface area contributed by atoms with Gasteiger partial charge in [0.25, 0.3) is 17.9 Å². The van der Waals surface area contributed by atoms with Gasteiger partial charge in [-0.15, -0.1) is 0 Å². The van der Waals surface area contributed by atoms with E-state index in [1.165, 1.54) is 4.74 Å². The van der Waals surface area contributed by atoms with Gasteiger partial charge in [0.1, 0.15) is 0 Å². The summed E-state index contributed by atoms with van der Waals surface area (Å²) in [5.41, 5.74) is 1.95. The van der Waals surface area contributed by atoms with Gasteiger partial charge in [0, 0.05) is 18.4 Å². The molecule has 4 rings (SSSR count). The van der Waals surface area contributed by atoms with Crippen LogP contribution in [0.1, 0.15) is 48.0 Å². The van der Waals surface area contributed by atoms with Gasteiger partial charge in [0.05, 0.1) is 5.56 Å². The second-order valence-corrected chi connectivity index (χ2v) is 6.03. The van der Waals surface area contributed by atoms with E-state index in [1.54, 1.807) is 12.1 Å². The second-order valence-electron chi connectivity index (χ2n) is 6.03. The van der Waals surface area contributed by atoms with Crippen molar-refractivity contribution in [3.8, 4) is 0 Å². The van der Waals surface area contributed by atoms with Gasteiger partial charge in [-0.3, -0.25) is 15.2 Å². The Bertz CT molecular complexity index is 705. The van der Waals surface area contributed by atoms with E-state index in [1.807, 2.05) is 12.1 Å². The van der Waals surface area contributed by atoms with Crippen LogP contribution in [0.15, 0.2) is 24.3 Å². The van der Waals surface area contributed by atoms with Crippen LogP contribution in [0, 0.1) is 0 Å². The molecule has 2 aliphatic carbocycles. The van der Waals surface area contributed by atoms with E-state index < -0.39 is 0 Å². The zero-order valence-corrected chi connectivity index (χ0v) is 11.7. The highest BCUT2D eigenvalue weighted by Gasteiger charge is 2.58. The largest absolute Gasteiger partial charge is 0.374 e. The Kier molecular flexibility index (Phi) is 2.64. The van der Waals surface area contributed by atoms with Crippen LogP contribution < -0.4 is 0 Å². The van der Waals surface area contributed by atoms with Crippen LogP contribution in [-0.4, -0.2) is 49.2 Å². The molecule has 21 heavy (non-hydrogen) atoms. The SMILES string of the molecule is O=C1C2=[N+](O)C3CCCCCC3[N+](O)=C2c2ccccc21. The molecule has 1 aromatic rings. The average molecular weight is 286 g/mol. The molecule has 0 spiro atoms. The number of carbonyl (C=O) groups excluding carboxylic acids is 1. The molecule has 1 heterocycles. The summed E-state index contributed by atoms with van der Waals surface area (Å²) >= 11 is 0. The fraction of sp³-hybridized carbons (Fsp3) is 0.438. The van der Waals surface area contributed by atoms with Crippen LogP contribution in [0.4, 0.5) is 0 Å². The van der Waals surface area contributed by atoms with E-state index >= 15 is 0 Å². The molecule has 2 unspecified atom stereocenters. The minimum atomic E-state index is -0.213. The quantitative estimate of drug-likeness (QED) is 0.563. The van der Waals surface area contributed by atoms with Crippen molar-refractivity contribution in [1.29, 1.82) is 0 Å². The Balaban J connectivity index is 1.97. The molecule has 5 heteroatoms. The maximum Gasteiger partial charge on any atom is 0.374 e. The number of fused-ring (bicyclic) bond motifs is 4. The minimum Gasteiger partial charge on any atom is -0.289 e. The number of rotatable bonds is 0. The number of hydrogen-bond donors (Lipinski definition) is 2. The highest BCUT2D eigenvalue weighted by Crippen LogP contribution is 2.29. The van der Waals surface area contributed by atoms with Crippen molar-refractivity contribution in [2.75, 3.05) is 0 Å². The van der Waals surface area contributed by atoms with Crippen LogP contribution in [0.5, 0.6) is 0 Å². The molecule has 1 fully saturated rings. The predicted molar refractivity (Wildman–Crippen MR) is 74.6 cm³/mol. The molecule has 0 radical (unpaired) electrons. The van der Waals surface area contributed by atoms with E-state index in [0.717, 1.165) is 36.8 Å². The van der Waals surface area contributed by atoms with E-state index in [0.29, 0.717) is 16.8 Å². The van der Waals surface area contributed by atoms with Gasteiger partial charge >= 0.3 is 11.4 Å². The van der Waals surface area contributed by atoms with Crippen LogP contribution in [0.2, 0.25) is 0 Å². The number of ketones is 1. The van der Waals surface area contributed by atoms with Crippen molar-refractivity contribution in [3.05, 3.63) is 35.4 Å². The van der Waals surface area contributed by atoms with E-state index in [-0.39, 0.29) is 23.6 Å². The van der Waals surface area contributed by atoms with Crippen molar-refractivity contribution < 1.29 is 24.7 Å². The maximum atomic E-state index is 12.6. The molecule has 108 valence electrons. The van der Waals surface area contributed by atoms with Crippen LogP contribution in [0.25, 0.3) is 0 Å². The Labute approximate surface area is 122 Å². The molecule has 0 bridgehead atoms. The highest BCUT2D eigenvalue weighted by atomic mass is 16.5. The molecule has 1 aliphatic heterocycles. The molecule has 2 atom stereocenters. The summed E-state index contributed by atoms with van der Waals surface area (Å²) in [6, 6.07) is 6.84. The van der Waals surface area contributed by atoms with Crippen molar-refractivity contribution in [1.82, 2.24) is 0 Å². The third-order valence-electron chi connectivity index (χ3n) is 4.90. The molecule has 5 nitrogen and oxygen atoms in total. The lowest BCUT2D eigenvalue weighted by atomic mass is 9.99. The number of hydroxylamine groups is 2. The van der Waals surface area contributed by atoms with E-state index in [9.17, 15) is 15.2 Å². The van der Waals surface area contributed by atoms with E-state index in [2.05, 4.69) is 0 Å². The molecule has 0 amide bonds. The zero-order chi connectivity index (χ0) is 14.6. The lowest BCUT2D eigenvalue weighted by Gasteiger charge is -2.17. The van der Waals surface area contributed by atoms with Gasteiger partial charge in [0.2, 0.25) is 0 Å². The maximum absolute atomic E-state index is 12.6. The smallest absolute Gasteiger partial charge is 0.289 e. The van der Waals surface area contributed by atoms with Gasteiger partial charge in [-0.25, -0.2) is 0 Å². The van der Waals surface area contributed by atoms with Crippen LogP contribution >= 0.6 is 0 Å². The molecule has 1 saturated carbocycles. The lowest BCUT2D eigenvalue weighted by Crippen LogP contribution is -2.53. The molecule has 3 aliphatic rings. The highest BCUT2D eigenvalue weighted by molar-refractivity contribution is 6.75. The Hall–Kier alpha value is -2.17. The second kappa shape index (κ2) is 4.41. The van der Waals surface area contributed by atoms with Gasteiger partial charge in [-0.2, -0.15) is 0 Å². The summed E-state index contributed by atoms with van der Waals surface area (Å²) in [6.07, 6.45) is 4.76. The monoisotopic (exact) mass is 286 g/mol. The fourth-order valence-corrected chi connectivity index (χ4v) is 3.87. The number of benzene rings is 1. The summed E-state index contributed by atoms with van der Waals surface area (Å²) in [5, 5.41) is 21.2. The first kappa shape index (κ1) is 12.6. The molecular weight excluding hydrogens is 268 g/mol. The van der Waals surface area contributed by atoms with Crippen molar-refractivity contribution in [2.24, 2.45) is 0 Å². The fourth-order valence-electron chi connectivity index (χ4n) is 3.87. The van der Waals surface area contributed by atoms with Gasteiger partial charge in [-0.05, 0) is 34.5 Å². The van der Waals surface area contributed by atoms with Crippen LogP contribution in [-0.2, 0) is 0 Å². The number of hydrogen-bond acceptors (Lipinski definition) is 3. The Morgan fingerprint density at radius 3 is 2.10 bits per heavy atom. The molecule has 0 saturated heterocycles. The first-order valence-corrected chi connectivity index (χ1v) is 7.54. The molecule has 2 N–H and O–H groups in total. The number of Topliss-reactive ketones (excluding diaryl/α,β-unsaturated/α-hetero) is 1. The normalized spacial score (nSPS) is 28.1.